The third-order valence-corrected chi connectivity index (χ3v) is 6.62. The van der Waals surface area contributed by atoms with Gasteiger partial charge in [-0.25, -0.2) is 4.39 Å². The van der Waals surface area contributed by atoms with Gasteiger partial charge in [-0.2, -0.15) is 0 Å². The molecule has 4 rings (SSSR count). The van der Waals surface area contributed by atoms with Crippen LogP contribution in [0.3, 0.4) is 0 Å². The number of hydrogen-bond acceptors (Lipinski definition) is 5. The molecule has 6 nitrogen and oxygen atoms in total. The lowest BCUT2D eigenvalue weighted by Crippen LogP contribution is -2.35. The second-order valence-electron chi connectivity index (χ2n) is 9.82. The van der Waals surface area contributed by atoms with Crippen molar-refractivity contribution < 1.29 is 23.8 Å². The molecule has 4 aromatic rings. The fourth-order valence-corrected chi connectivity index (χ4v) is 4.43. The van der Waals surface area contributed by atoms with E-state index in [1.54, 1.807) is 18.2 Å². The Kier molecular flexibility index (Phi) is 10.3. The van der Waals surface area contributed by atoms with Gasteiger partial charge in [0.2, 0.25) is 0 Å². The van der Waals surface area contributed by atoms with Gasteiger partial charge < -0.3 is 20.3 Å². The molecule has 1 unspecified atom stereocenters. The first-order valence-electron chi connectivity index (χ1n) is 13.3. The van der Waals surface area contributed by atoms with E-state index in [1.807, 2.05) is 60.7 Å². The smallest absolute Gasteiger partial charge is 0.320 e. The van der Waals surface area contributed by atoms with E-state index in [0.29, 0.717) is 37.6 Å². The molecule has 7 heteroatoms. The number of nitrogens with two attached hydrogens (primary N) is 1. The number of carboxylic acids is 1. The van der Waals surface area contributed by atoms with Gasteiger partial charge >= 0.3 is 5.97 Å². The molecule has 0 spiro atoms. The highest BCUT2D eigenvalue weighted by molar-refractivity contribution is 5.73. The van der Waals surface area contributed by atoms with Crippen molar-refractivity contribution in [2.45, 2.75) is 45.7 Å². The number of rotatable bonds is 14. The number of aryl methyl sites for hydroxylation is 1. The zero-order chi connectivity index (χ0) is 28.3. The summed E-state index contributed by atoms with van der Waals surface area (Å²) in [4.78, 5) is 13.5. The number of benzene rings is 4. The lowest BCUT2D eigenvalue weighted by atomic mass is 10.1. The number of ether oxygens (including phenoxy) is 2. The van der Waals surface area contributed by atoms with E-state index in [1.165, 1.54) is 11.6 Å². The Labute approximate surface area is 234 Å². The predicted octanol–water partition coefficient (Wildman–Crippen LogP) is 6.10. The number of carboxylic acid groups (broad SMARTS) is 1. The van der Waals surface area contributed by atoms with E-state index in [0.717, 1.165) is 22.4 Å². The van der Waals surface area contributed by atoms with Crippen LogP contribution in [0.4, 0.5) is 4.39 Å². The molecular formula is C33H35FN2O4. The Bertz CT molecular complexity index is 1410. The maximum atomic E-state index is 14.2. The largest absolute Gasteiger partial charge is 0.489 e. The highest BCUT2D eigenvalue weighted by Crippen LogP contribution is 2.26. The van der Waals surface area contributed by atoms with Crippen molar-refractivity contribution >= 4 is 5.97 Å². The molecule has 0 aliphatic rings. The van der Waals surface area contributed by atoms with Gasteiger partial charge in [0.1, 0.15) is 36.6 Å². The van der Waals surface area contributed by atoms with Crippen molar-refractivity contribution in [3.8, 4) is 11.5 Å². The summed E-state index contributed by atoms with van der Waals surface area (Å²) >= 11 is 0. The van der Waals surface area contributed by atoms with Crippen molar-refractivity contribution in [3.05, 3.63) is 131 Å². The van der Waals surface area contributed by atoms with Crippen LogP contribution in [-0.4, -0.2) is 28.6 Å². The Morgan fingerprint density at radius 3 is 2.00 bits per heavy atom. The molecule has 0 aliphatic carbocycles. The zero-order valence-corrected chi connectivity index (χ0v) is 22.6. The number of halogens is 1. The van der Waals surface area contributed by atoms with Crippen LogP contribution >= 0.6 is 0 Å². The molecule has 0 fully saturated rings. The standard InChI is InChI=1S/C33H35FN2O4/c1-24-9-8-10-25(19-24)22-39-31-15-6-3-11-26(31)20-36(18-17-30(35)33(37)38)21-27-12-4-7-16-32(27)40-23-28-13-2-5-14-29(28)34/h2-16,19,30H,17-18,20-23,35H2,1H3,(H,37,38). The molecule has 0 aliphatic heterocycles. The summed E-state index contributed by atoms with van der Waals surface area (Å²) < 4.78 is 26.4. The minimum atomic E-state index is -1.03. The predicted molar refractivity (Wildman–Crippen MR) is 153 cm³/mol. The second kappa shape index (κ2) is 14.3. The molecule has 208 valence electrons. The summed E-state index contributed by atoms with van der Waals surface area (Å²) in [5.74, 6) is 0.0601. The van der Waals surface area contributed by atoms with Crippen LogP contribution in [0.25, 0.3) is 0 Å². The Morgan fingerprint density at radius 2 is 1.40 bits per heavy atom. The highest BCUT2D eigenvalue weighted by Gasteiger charge is 2.18. The summed E-state index contributed by atoms with van der Waals surface area (Å²) in [6.45, 7) is 4.03. The maximum absolute atomic E-state index is 14.2. The SMILES string of the molecule is Cc1cccc(COc2ccccc2CN(CCC(N)C(=O)O)Cc2ccccc2OCc2ccccc2F)c1. The third-order valence-electron chi connectivity index (χ3n) is 6.62. The van der Waals surface area contributed by atoms with Gasteiger partial charge in [0.15, 0.2) is 0 Å². The van der Waals surface area contributed by atoms with Gasteiger partial charge in [-0.3, -0.25) is 9.69 Å². The first-order valence-corrected chi connectivity index (χ1v) is 13.3. The molecule has 4 aromatic carbocycles. The Balaban J connectivity index is 1.51. The van der Waals surface area contributed by atoms with Gasteiger partial charge in [0.05, 0.1) is 0 Å². The van der Waals surface area contributed by atoms with E-state index in [9.17, 15) is 14.3 Å². The number of aliphatic carboxylic acids is 1. The molecule has 0 saturated carbocycles. The van der Waals surface area contributed by atoms with Crippen LogP contribution < -0.4 is 15.2 Å². The average Bonchev–Trinajstić information content (AvgIpc) is 2.95. The van der Waals surface area contributed by atoms with E-state index in [4.69, 9.17) is 15.2 Å². The summed E-state index contributed by atoms with van der Waals surface area (Å²) in [6, 6.07) is 29.2. The van der Waals surface area contributed by atoms with Gasteiger partial charge in [-0.05, 0) is 37.1 Å². The summed E-state index contributed by atoms with van der Waals surface area (Å²) in [5, 5.41) is 9.35. The zero-order valence-electron chi connectivity index (χ0n) is 22.6. The fourth-order valence-electron chi connectivity index (χ4n) is 4.43. The average molecular weight is 543 g/mol. The van der Waals surface area contributed by atoms with Crippen LogP contribution in [0.15, 0.2) is 97.1 Å². The van der Waals surface area contributed by atoms with Crippen molar-refractivity contribution in [1.29, 1.82) is 0 Å². The number of nitrogens with zero attached hydrogens (tertiary/aromatic N) is 1. The van der Waals surface area contributed by atoms with E-state index < -0.39 is 12.0 Å². The fraction of sp³-hybridized carbons (Fsp3) is 0.242. The van der Waals surface area contributed by atoms with E-state index in [-0.39, 0.29) is 18.8 Å². The highest BCUT2D eigenvalue weighted by atomic mass is 19.1. The van der Waals surface area contributed by atoms with Crippen molar-refractivity contribution in [2.24, 2.45) is 5.73 Å². The second-order valence-corrected chi connectivity index (χ2v) is 9.82. The normalized spacial score (nSPS) is 11.8. The maximum Gasteiger partial charge on any atom is 0.320 e. The number of carbonyl (C=O) groups is 1. The van der Waals surface area contributed by atoms with Crippen molar-refractivity contribution in [1.82, 2.24) is 4.90 Å². The van der Waals surface area contributed by atoms with Gasteiger partial charge in [0.25, 0.3) is 0 Å². The summed E-state index contributed by atoms with van der Waals surface area (Å²) in [7, 11) is 0. The lowest BCUT2D eigenvalue weighted by molar-refractivity contribution is -0.138. The summed E-state index contributed by atoms with van der Waals surface area (Å²) in [6.07, 6.45) is 0.278. The topological polar surface area (TPSA) is 85.0 Å². The molecule has 40 heavy (non-hydrogen) atoms. The van der Waals surface area contributed by atoms with Gasteiger partial charge in [-0.15, -0.1) is 0 Å². The quantitative estimate of drug-likeness (QED) is 0.200. The van der Waals surface area contributed by atoms with E-state index >= 15 is 0 Å². The minimum Gasteiger partial charge on any atom is -0.489 e. The first kappa shape index (κ1) is 28.8. The summed E-state index contributed by atoms with van der Waals surface area (Å²) in [5.41, 5.74) is 10.5. The van der Waals surface area contributed by atoms with Crippen molar-refractivity contribution in [2.75, 3.05) is 6.54 Å². The number of hydrogen-bond donors (Lipinski definition) is 2. The van der Waals surface area contributed by atoms with Crippen LogP contribution in [-0.2, 0) is 31.1 Å². The van der Waals surface area contributed by atoms with Crippen LogP contribution in [0, 0.1) is 12.7 Å². The Morgan fingerprint density at radius 1 is 0.825 bits per heavy atom. The minimum absolute atomic E-state index is 0.100. The lowest BCUT2D eigenvalue weighted by Gasteiger charge is -2.25. The van der Waals surface area contributed by atoms with Crippen molar-refractivity contribution in [3.63, 3.8) is 0 Å². The molecule has 3 N–H and O–H groups in total. The van der Waals surface area contributed by atoms with Crippen LogP contribution in [0.5, 0.6) is 11.5 Å². The van der Waals surface area contributed by atoms with Crippen LogP contribution in [0.2, 0.25) is 0 Å². The molecule has 0 heterocycles. The molecule has 0 saturated heterocycles. The molecule has 0 bridgehead atoms. The van der Waals surface area contributed by atoms with Gasteiger partial charge in [-0.1, -0.05) is 84.4 Å². The molecule has 1 atom stereocenters. The Hall–Kier alpha value is -4.20. The van der Waals surface area contributed by atoms with Gasteiger partial charge in [0, 0.05) is 36.3 Å². The number of para-hydroxylation sites is 2. The molecule has 0 amide bonds. The monoisotopic (exact) mass is 542 g/mol. The molecule has 0 radical (unpaired) electrons. The molecular weight excluding hydrogens is 507 g/mol. The van der Waals surface area contributed by atoms with Crippen LogP contribution in [0.1, 0.15) is 34.2 Å². The first-order chi connectivity index (χ1) is 19.4. The third kappa shape index (κ3) is 8.40. The van der Waals surface area contributed by atoms with E-state index in [2.05, 4.69) is 24.0 Å². The molecule has 0 aromatic heterocycles.